The molecule has 0 bridgehead atoms. The first-order valence-corrected chi connectivity index (χ1v) is 7.71. The zero-order chi connectivity index (χ0) is 14.5. The Labute approximate surface area is 113 Å². The minimum Gasteiger partial charge on any atom is -0.480 e. The number of carboxylic acid groups (broad SMARTS) is 1. The number of benzene rings is 1. The van der Waals surface area contributed by atoms with Gasteiger partial charge in [-0.1, -0.05) is 36.8 Å². The van der Waals surface area contributed by atoms with Crippen LogP contribution in [0.2, 0.25) is 0 Å². The van der Waals surface area contributed by atoms with Gasteiger partial charge in [0.1, 0.15) is 6.54 Å². The van der Waals surface area contributed by atoms with Crippen LogP contribution in [0.15, 0.2) is 24.3 Å². The van der Waals surface area contributed by atoms with Crippen LogP contribution in [-0.2, 0) is 20.6 Å². The van der Waals surface area contributed by atoms with E-state index in [2.05, 4.69) is 0 Å². The number of rotatable bonds is 7. The highest BCUT2D eigenvalue weighted by Crippen LogP contribution is 2.12. The molecule has 0 fully saturated rings. The van der Waals surface area contributed by atoms with Gasteiger partial charge in [-0.3, -0.25) is 4.79 Å². The van der Waals surface area contributed by atoms with Crippen LogP contribution in [0.25, 0.3) is 0 Å². The Morgan fingerprint density at radius 2 is 2.05 bits per heavy atom. The molecule has 19 heavy (non-hydrogen) atoms. The Morgan fingerprint density at radius 3 is 2.58 bits per heavy atom. The summed E-state index contributed by atoms with van der Waals surface area (Å²) < 4.78 is 25.4. The molecule has 0 aliphatic heterocycles. The Kier molecular flexibility index (Phi) is 5.50. The molecule has 6 heteroatoms. The lowest BCUT2D eigenvalue weighted by atomic mass is 10.2. The van der Waals surface area contributed by atoms with Gasteiger partial charge in [0.2, 0.25) is 10.0 Å². The molecule has 1 aromatic carbocycles. The van der Waals surface area contributed by atoms with E-state index in [1.807, 2.05) is 19.9 Å². The molecule has 1 rings (SSSR count). The summed E-state index contributed by atoms with van der Waals surface area (Å²) in [5, 5.41) is 8.78. The quantitative estimate of drug-likeness (QED) is 0.826. The lowest BCUT2D eigenvalue weighted by molar-refractivity contribution is -0.137. The van der Waals surface area contributed by atoms with E-state index in [9.17, 15) is 13.2 Å². The van der Waals surface area contributed by atoms with Gasteiger partial charge in [0.05, 0.1) is 5.75 Å². The van der Waals surface area contributed by atoms with Crippen molar-refractivity contribution in [2.75, 3.05) is 13.1 Å². The van der Waals surface area contributed by atoms with E-state index < -0.39 is 22.5 Å². The number of carboxylic acids is 1. The van der Waals surface area contributed by atoms with Crippen molar-refractivity contribution in [2.45, 2.75) is 26.0 Å². The maximum absolute atomic E-state index is 12.2. The van der Waals surface area contributed by atoms with Crippen molar-refractivity contribution in [3.05, 3.63) is 35.4 Å². The van der Waals surface area contributed by atoms with Crippen molar-refractivity contribution in [1.82, 2.24) is 4.31 Å². The van der Waals surface area contributed by atoms with Crippen LogP contribution < -0.4 is 0 Å². The van der Waals surface area contributed by atoms with E-state index in [4.69, 9.17) is 5.11 Å². The number of sulfonamides is 1. The standard InChI is InChI=1S/C13H19NO4S/c1-3-7-14(9-13(15)16)19(17,18)10-12-6-4-5-11(2)8-12/h4-6,8H,3,7,9-10H2,1-2H3,(H,15,16). The van der Waals surface area contributed by atoms with E-state index in [-0.39, 0.29) is 12.3 Å². The third kappa shape index (κ3) is 5.00. The third-order valence-electron chi connectivity index (χ3n) is 2.61. The molecule has 0 radical (unpaired) electrons. The van der Waals surface area contributed by atoms with Crippen LogP contribution >= 0.6 is 0 Å². The van der Waals surface area contributed by atoms with E-state index in [1.54, 1.807) is 18.2 Å². The SMILES string of the molecule is CCCN(CC(=O)O)S(=O)(=O)Cc1cccc(C)c1. The van der Waals surface area contributed by atoms with Crippen LogP contribution in [0.4, 0.5) is 0 Å². The number of aliphatic carboxylic acids is 1. The zero-order valence-electron chi connectivity index (χ0n) is 11.2. The van der Waals surface area contributed by atoms with Gasteiger partial charge in [0, 0.05) is 6.54 Å². The Balaban J connectivity index is 2.91. The zero-order valence-corrected chi connectivity index (χ0v) is 12.0. The fourth-order valence-corrected chi connectivity index (χ4v) is 3.37. The second kappa shape index (κ2) is 6.68. The predicted octanol–water partition coefficient (Wildman–Crippen LogP) is 1.62. The fraction of sp³-hybridized carbons (Fsp3) is 0.462. The summed E-state index contributed by atoms with van der Waals surface area (Å²) >= 11 is 0. The van der Waals surface area contributed by atoms with Gasteiger partial charge in [-0.15, -0.1) is 0 Å². The van der Waals surface area contributed by atoms with Gasteiger partial charge >= 0.3 is 5.97 Å². The summed E-state index contributed by atoms with van der Waals surface area (Å²) in [6, 6.07) is 7.20. The lowest BCUT2D eigenvalue weighted by Gasteiger charge is -2.19. The molecule has 0 spiro atoms. The lowest BCUT2D eigenvalue weighted by Crippen LogP contribution is -2.37. The number of aryl methyl sites for hydroxylation is 1. The molecule has 0 amide bonds. The van der Waals surface area contributed by atoms with Gasteiger partial charge in [0.25, 0.3) is 0 Å². The third-order valence-corrected chi connectivity index (χ3v) is 4.41. The molecule has 1 N–H and O–H groups in total. The smallest absolute Gasteiger partial charge is 0.318 e. The van der Waals surface area contributed by atoms with Gasteiger partial charge in [0.15, 0.2) is 0 Å². The molecular weight excluding hydrogens is 266 g/mol. The minimum absolute atomic E-state index is 0.165. The summed E-state index contributed by atoms with van der Waals surface area (Å²) in [5.41, 5.74) is 1.65. The van der Waals surface area contributed by atoms with Crippen molar-refractivity contribution < 1.29 is 18.3 Å². The molecule has 0 atom stereocenters. The predicted molar refractivity (Wildman–Crippen MR) is 73.3 cm³/mol. The monoisotopic (exact) mass is 285 g/mol. The molecule has 0 saturated carbocycles. The molecule has 0 heterocycles. The highest BCUT2D eigenvalue weighted by molar-refractivity contribution is 7.88. The summed E-state index contributed by atoms with van der Waals surface area (Å²) in [4.78, 5) is 10.7. The molecule has 0 aromatic heterocycles. The Bertz CT molecular complexity index is 539. The Morgan fingerprint density at radius 1 is 1.37 bits per heavy atom. The maximum Gasteiger partial charge on any atom is 0.318 e. The molecule has 0 aliphatic carbocycles. The molecule has 1 aromatic rings. The van der Waals surface area contributed by atoms with Crippen LogP contribution in [0.1, 0.15) is 24.5 Å². The van der Waals surface area contributed by atoms with Gasteiger partial charge < -0.3 is 5.11 Å². The molecule has 0 unspecified atom stereocenters. The molecular formula is C13H19NO4S. The molecule has 106 valence electrons. The molecule has 5 nitrogen and oxygen atoms in total. The van der Waals surface area contributed by atoms with Gasteiger partial charge in [-0.2, -0.15) is 4.31 Å². The average Bonchev–Trinajstić information content (AvgIpc) is 2.27. The second-order valence-electron chi connectivity index (χ2n) is 4.47. The first kappa shape index (κ1) is 15.7. The fourth-order valence-electron chi connectivity index (χ4n) is 1.82. The highest BCUT2D eigenvalue weighted by Gasteiger charge is 2.23. The first-order chi connectivity index (χ1) is 8.85. The number of hydrogen-bond acceptors (Lipinski definition) is 3. The van der Waals surface area contributed by atoms with Gasteiger partial charge in [-0.25, -0.2) is 8.42 Å². The number of carbonyl (C=O) groups is 1. The minimum atomic E-state index is -3.60. The summed E-state index contributed by atoms with van der Waals surface area (Å²) in [6.45, 7) is 3.44. The van der Waals surface area contributed by atoms with Crippen molar-refractivity contribution in [3.63, 3.8) is 0 Å². The van der Waals surface area contributed by atoms with Crippen LogP contribution in [-0.4, -0.2) is 36.9 Å². The van der Waals surface area contributed by atoms with Crippen LogP contribution in [0.5, 0.6) is 0 Å². The van der Waals surface area contributed by atoms with E-state index >= 15 is 0 Å². The largest absolute Gasteiger partial charge is 0.480 e. The average molecular weight is 285 g/mol. The maximum atomic E-state index is 12.2. The van der Waals surface area contributed by atoms with Crippen LogP contribution in [0.3, 0.4) is 0 Å². The summed E-state index contributed by atoms with van der Waals surface area (Å²) in [5.74, 6) is -1.30. The van der Waals surface area contributed by atoms with E-state index in [0.29, 0.717) is 12.0 Å². The molecule has 0 aliphatic rings. The highest BCUT2D eigenvalue weighted by atomic mass is 32.2. The van der Waals surface area contributed by atoms with Crippen molar-refractivity contribution in [1.29, 1.82) is 0 Å². The molecule has 0 saturated heterocycles. The van der Waals surface area contributed by atoms with Crippen molar-refractivity contribution in [2.24, 2.45) is 0 Å². The van der Waals surface area contributed by atoms with E-state index in [0.717, 1.165) is 9.87 Å². The first-order valence-electron chi connectivity index (χ1n) is 6.10. The Hall–Kier alpha value is -1.40. The van der Waals surface area contributed by atoms with Crippen molar-refractivity contribution in [3.8, 4) is 0 Å². The van der Waals surface area contributed by atoms with Crippen molar-refractivity contribution >= 4 is 16.0 Å². The van der Waals surface area contributed by atoms with Gasteiger partial charge in [-0.05, 0) is 18.9 Å². The van der Waals surface area contributed by atoms with Crippen LogP contribution in [0, 0.1) is 6.92 Å². The number of nitrogens with zero attached hydrogens (tertiary/aromatic N) is 1. The van der Waals surface area contributed by atoms with E-state index in [1.165, 1.54) is 0 Å². The second-order valence-corrected chi connectivity index (χ2v) is 6.44. The summed E-state index contributed by atoms with van der Waals surface area (Å²) in [7, 11) is -3.60. The topological polar surface area (TPSA) is 74.7 Å². The number of hydrogen-bond donors (Lipinski definition) is 1. The summed E-state index contributed by atoms with van der Waals surface area (Å²) in [6.07, 6.45) is 0.584. The normalized spacial score (nSPS) is 11.7.